The predicted molar refractivity (Wildman–Crippen MR) is 50.6 cm³/mol. The molecule has 1 heterocycles. The molecule has 0 N–H and O–H groups in total. The maximum Gasteiger partial charge on any atom is 2.00 e. The van der Waals surface area contributed by atoms with Crippen LogP contribution in [0.5, 0.6) is 0 Å². The molecule has 1 aromatic rings. The molecule has 2 nitrogen and oxygen atoms in total. The standard InChI is InChI=1S/C7H9N2.C3H7.V/c1-6(2)7-3-4-8-9-5-7;1-3-2;/h3,5-6H,1-2H3;3H,1-2H3;/q2*-1;+2. The van der Waals surface area contributed by atoms with E-state index in [1.54, 1.807) is 6.20 Å². The Kier molecular flexibility index (Phi) is 11.4. The summed E-state index contributed by atoms with van der Waals surface area (Å²) in [5, 5.41) is 7.25. The molecule has 0 aliphatic carbocycles. The van der Waals surface area contributed by atoms with E-state index in [1.165, 1.54) is 5.56 Å². The average molecular weight is 215 g/mol. The second kappa shape index (κ2) is 9.75. The first-order valence-corrected chi connectivity index (χ1v) is 4.15. The number of hydrogen-bond donors (Lipinski definition) is 0. The first-order chi connectivity index (χ1) is 5.72. The van der Waals surface area contributed by atoms with Crippen molar-refractivity contribution < 1.29 is 18.6 Å². The van der Waals surface area contributed by atoms with Crippen molar-refractivity contribution in [2.75, 3.05) is 0 Å². The van der Waals surface area contributed by atoms with Crippen molar-refractivity contribution in [2.45, 2.75) is 33.6 Å². The van der Waals surface area contributed by atoms with Gasteiger partial charge in [0.05, 0.1) is 0 Å². The Labute approximate surface area is 93.0 Å². The van der Waals surface area contributed by atoms with Crippen LogP contribution in [0.4, 0.5) is 0 Å². The summed E-state index contributed by atoms with van der Waals surface area (Å²) in [4.78, 5) is 0. The summed E-state index contributed by atoms with van der Waals surface area (Å²) in [6, 6.07) is 1.86. The summed E-state index contributed by atoms with van der Waals surface area (Å²) in [6.07, 6.45) is 6.45. The number of nitrogens with zero attached hydrogens (tertiary/aromatic N) is 2. The quantitative estimate of drug-likeness (QED) is 0.673. The fourth-order valence-electron chi connectivity index (χ4n) is 0.585. The van der Waals surface area contributed by atoms with Crippen LogP contribution in [0.15, 0.2) is 12.3 Å². The van der Waals surface area contributed by atoms with Gasteiger partial charge in [-0.15, -0.1) is 6.20 Å². The van der Waals surface area contributed by atoms with Crippen molar-refractivity contribution in [1.29, 1.82) is 0 Å². The van der Waals surface area contributed by atoms with Gasteiger partial charge in [0.15, 0.2) is 0 Å². The van der Waals surface area contributed by atoms with E-state index in [4.69, 9.17) is 0 Å². The van der Waals surface area contributed by atoms with Crippen LogP contribution in [0, 0.1) is 12.6 Å². The van der Waals surface area contributed by atoms with Gasteiger partial charge in [0.2, 0.25) is 0 Å². The summed E-state index contributed by atoms with van der Waals surface area (Å²) < 4.78 is 0. The van der Waals surface area contributed by atoms with Gasteiger partial charge in [0.25, 0.3) is 0 Å². The molecule has 1 rings (SSSR count). The minimum absolute atomic E-state index is 0. The number of rotatable bonds is 1. The van der Waals surface area contributed by atoms with E-state index in [2.05, 4.69) is 30.2 Å². The molecule has 0 aliphatic rings. The van der Waals surface area contributed by atoms with Gasteiger partial charge in [-0.05, 0) is 6.20 Å². The maximum atomic E-state index is 3.70. The molecule has 0 aromatic carbocycles. The van der Waals surface area contributed by atoms with Gasteiger partial charge < -0.3 is 6.42 Å². The van der Waals surface area contributed by atoms with Gasteiger partial charge in [-0.2, -0.15) is 24.5 Å². The van der Waals surface area contributed by atoms with Crippen molar-refractivity contribution in [3.63, 3.8) is 0 Å². The molecule has 0 unspecified atom stereocenters. The molecule has 71 valence electrons. The van der Waals surface area contributed by atoms with E-state index >= 15 is 0 Å². The predicted octanol–water partition coefficient (Wildman–Crippen LogP) is 2.63. The largest absolute Gasteiger partial charge is 2.00 e. The van der Waals surface area contributed by atoms with Gasteiger partial charge in [-0.3, -0.25) is 5.10 Å². The Bertz CT molecular complexity index is 187. The average Bonchev–Trinajstić information content (AvgIpc) is 2.07. The Hall–Kier alpha value is -0.336. The smallest absolute Gasteiger partial charge is 0.335 e. The molecule has 1 radical (unpaired) electrons. The van der Waals surface area contributed by atoms with E-state index in [-0.39, 0.29) is 18.6 Å². The third-order valence-electron chi connectivity index (χ3n) is 1.22. The van der Waals surface area contributed by atoms with E-state index in [0.717, 1.165) is 0 Å². The molecule has 3 heteroatoms. The van der Waals surface area contributed by atoms with Gasteiger partial charge in [0.1, 0.15) is 0 Å². The van der Waals surface area contributed by atoms with Crippen molar-refractivity contribution >= 4 is 0 Å². The second-order valence-electron chi connectivity index (χ2n) is 2.85. The van der Waals surface area contributed by atoms with Gasteiger partial charge in [-0.1, -0.05) is 19.8 Å². The topological polar surface area (TPSA) is 25.8 Å². The zero-order valence-corrected chi connectivity index (χ0v) is 10.0. The fraction of sp³-hybridized carbons (Fsp3) is 0.500. The van der Waals surface area contributed by atoms with Crippen molar-refractivity contribution in [3.05, 3.63) is 30.4 Å². The summed E-state index contributed by atoms with van der Waals surface area (Å²) in [5.41, 5.74) is 1.19. The van der Waals surface area contributed by atoms with Crippen LogP contribution < -0.4 is 0 Å². The van der Waals surface area contributed by atoms with Crippen molar-refractivity contribution in [3.8, 4) is 0 Å². The summed E-state index contributed by atoms with van der Waals surface area (Å²) in [6.45, 7) is 8.23. The summed E-state index contributed by atoms with van der Waals surface area (Å²) >= 11 is 0. The van der Waals surface area contributed by atoms with Crippen molar-refractivity contribution in [1.82, 2.24) is 10.2 Å². The summed E-state index contributed by atoms with van der Waals surface area (Å²) in [5.74, 6) is 0.525. The Balaban J connectivity index is 0. The van der Waals surface area contributed by atoms with E-state index in [9.17, 15) is 0 Å². The molecule has 0 bridgehead atoms. The normalized spacial score (nSPS) is 8.38. The van der Waals surface area contributed by atoms with E-state index < -0.39 is 0 Å². The van der Waals surface area contributed by atoms with Gasteiger partial charge >= 0.3 is 18.6 Å². The molecule has 0 spiro atoms. The second-order valence-corrected chi connectivity index (χ2v) is 2.85. The fourth-order valence-corrected chi connectivity index (χ4v) is 0.585. The van der Waals surface area contributed by atoms with Crippen LogP contribution in [0.1, 0.15) is 39.2 Å². The molecule has 0 saturated carbocycles. The van der Waals surface area contributed by atoms with Crippen molar-refractivity contribution in [2.24, 2.45) is 0 Å². The molecular weight excluding hydrogens is 199 g/mol. The van der Waals surface area contributed by atoms with Crippen LogP contribution in [-0.4, -0.2) is 10.2 Å². The third kappa shape index (κ3) is 8.01. The first-order valence-electron chi connectivity index (χ1n) is 4.15. The number of hydrogen-bond acceptors (Lipinski definition) is 2. The van der Waals surface area contributed by atoms with Crippen LogP contribution in [0.3, 0.4) is 0 Å². The van der Waals surface area contributed by atoms with Crippen LogP contribution in [-0.2, 0) is 18.6 Å². The Morgan fingerprint density at radius 3 is 2.15 bits per heavy atom. The molecule has 0 aliphatic heterocycles. The number of aromatic nitrogens is 2. The zero-order valence-electron chi connectivity index (χ0n) is 8.65. The maximum absolute atomic E-state index is 3.70. The zero-order chi connectivity index (χ0) is 9.40. The molecule has 0 fully saturated rings. The molecule has 0 amide bonds. The Morgan fingerprint density at radius 1 is 1.38 bits per heavy atom. The van der Waals surface area contributed by atoms with E-state index in [0.29, 0.717) is 5.92 Å². The first kappa shape index (κ1) is 15.2. The molecule has 13 heavy (non-hydrogen) atoms. The molecular formula is C10H16N2V. The van der Waals surface area contributed by atoms with Crippen LogP contribution in [0.2, 0.25) is 0 Å². The minimum atomic E-state index is 0. The monoisotopic (exact) mass is 215 g/mol. The summed E-state index contributed by atoms with van der Waals surface area (Å²) in [7, 11) is 0. The minimum Gasteiger partial charge on any atom is -0.335 e. The SMILES string of the molecule is CC(C)c1c[c-]nnc1.C[CH-]C.[V+2]. The van der Waals surface area contributed by atoms with Gasteiger partial charge in [0, 0.05) is 0 Å². The third-order valence-corrected chi connectivity index (χ3v) is 1.22. The van der Waals surface area contributed by atoms with Gasteiger partial charge in [-0.25, -0.2) is 6.07 Å². The van der Waals surface area contributed by atoms with Crippen LogP contribution >= 0.6 is 0 Å². The Morgan fingerprint density at radius 2 is 1.92 bits per heavy atom. The molecule has 1 aromatic heterocycles. The van der Waals surface area contributed by atoms with Crippen LogP contribution in [0.25, 0.3) is 0 Å². The molecule has 0 atom stereocenters. The van der Waals surface area contributed by atoms with E-state index in [1.807, 2.05) is 26.3 Å². The molecule has 0 saturated heterocycles.